The highest BCUT2D eigenvalue weighted by Gasteiger charge is 2.32. The van der Waals surface area contributed by atoms with Gasteiger partial charge in [-0.1, -0.05) is 41.9 Å². The van der Waals surface area contributed by atoms with E-state index in [0.29, 0.717) is 16.1 Å². The van der Waals surface area contributed by atoms with Crippen molar-refractivity contribution in [2.45, 2.75) is 6.36 Å². The first-order valence-electron chi connectivity index (χ1n) is 4.98. The molecule has 0 saturated heterocycles. The molecule has 0 amide bonds. The van der Waals surface area contributed by atoms with Crippen LogP contribution in [0.4, 0.5) is 13.2 Å². The minimum atomic E-state index is -4.74. The highest BCUT2D eigenvalue weighted by Crippen LogP contribution is 2.33. The molecule has 18 heavy (non-hydrogen) atoms. The topological polar surface area (TPSA) is 9.23 Å². The van der Waals surface area contributed by atoms with Crippen molar-refractivity contribution in [2.24, 2.45) is 0 Å². The first-order chi connectivity index (χ1) is 8.46. The van der Waals surface area contributed by atoms with Crippen molar-refractivity contribution in [3.05, 3.63) is 53.6 Å². The lowest BCUT2D eigenvalue weighted by atomic mass is 10.1. The summed E-state index contributed by atoms with van der Waals surface area (Å²) in [5.41, 5.74) is 0.891. The number of benzene rings is 2. The van der Waals surface area contributed by atoms with E-state index < -0.39 is 6.36 Å². The number of halogens is 4. The first-order valence-corrected chi connectivity index (χ1v) is 5.36. The van der Waals surface area contributed by atoms with Gasteiger partial charge in [-0.25, -0.2) is 0 Å². The summed E-state index contributed by atoms with van der Waals surface area (Å²) in [7, 11) is 0. The Morgan fingerprint density at radius 1 is 1.06 bits per heavy atom. The van der Waals surface area contributed by atoms with Crippen molar-refractivity contribution in [1.82, 2.24) is 0 Å². The predicted octanol–water partition coefficient (Wildman–Crippen LogP) is 4.71. The van der Waals surface area contributed by atoms with Crippen LogP contribution in [0.2, 0.25) is 5.02 Å². The third kappa shape index (κ3) is 3.17. The van der Waals surface area contributed by atoms with Gasteiger partial charge in [-0.05, 0) is 17.7 Å². The monoisotopic (exact) mass is 271 g/mol. The molecular formula is C13H7ClF3O. The Morgan fingerprint density at radius 2 is 1.72 bits per heavy atom. The van der Waals surface area contributed by atoms with Crippen LogP contribution < -0.4 is 4.74 Å². The number of hydrogen-bond donors (Lipinski definition) is 0. The van der Waals surface area contributed by atoms with Gasteiger partial charge >= 0.3 is 6.36 Å². The molecule has 0 heterocycles. The summed E-state index contributed by atoms with van der Waals surface area (Å²) >= 11 is 5.73. The smallest absolute Gasteiger partial charge is 0.404 e. The number of alkyl halides is 3. The van der Waals surface area contributed by atoms with Crippen molar-refractivity contribution >= 4 is 11.6 Å². The molecule has 0 aliphatic rings. The van der Waals surface area contributed by atoms with Crippen molar-refractivity contribution in [3.8, 4) is 16.9 Å². The molecule has 0 spiro atoms. The van der Waals surface area contributed by atoms with Crippen molar-refractivity contribution in [2.75, 3.05) is 0 Å². The van der Waals surface area contributed by atoms with Gasteiger partial charge in [0.1, 0.15) is 5.75 Å². The number of ether oxygens (including phenoxy) is 1. The zero-order chi connectivity index (χ0) is 13.2. The molecule has 0 aliphatic heterocycles. The van der Waals surface area contributed by atoms with E-state index in [4.69, 9.17) is 11.6 Å². The van der Waals surface area contributed by atoms with Gasteiger partial charge in [-0.15, -0.1) is 13.2 Å². The fraction of sp³-hybridized carbons (Fsp3) is 0.0769. The molecule has 0 saturated carbocycles. The largest absolute Gasteiger partial charge is 0.573 e. The van der Waals surface area contributed by atoms with E-state index in [-0.39, 0.29) is 5.75 Å². The molecule has 0 aromatic heterocycles. The van der Waals surface area contributed by atoms with Gasteiger partial charge < -0.3 is 4.74 Å². The molecule has 1 radical (unpaired) electrons. The van der Waals surface area contributed by atoms with E-state index in [1.165, 1.54) is 12.1 Å². The second-order valence-corrected chi connectivity index (χ2v) is 3.90. The Kier molecular flexibility index (Phi) is 3.48. The Balaban J connectivity index is 2.41. The molecular weight excluding hydrogens is 265 g/mol. The fourth-order valence-corrected chi connectivity index (χ4v) is 1.60. The lowest BCUT2D eigenvalue weighted by Gasteiger charge is -2.12. The van der Waals surface area contributed by atoms with E-state index in [9.17, 15) is 13.2 Å². The van der Waals surface area contributed by atoms with Crippen LogP contribution in [0.3, 0.4) is 0 Å². The zero-order valence-electron chi connectivity index (χ0n) is 8.96. The van der Waals surface area contributed by atoms with Gasteiger partial charge in [0.25, 0.3) is 0 Å². The van der Waals surface area contributed by atoms with E-state index in [2.05, 4.69) is 10.8 Å². The van der Waals surface area contributed by atoms with Crippen LogP contribution in [0.5, 0.6) is 5.75 Å². The van der Waals surface area contributed by atoms with Crippen LogP contribution >= 0.6 is 11.6 Å². The second kappa shape index (κ2) is 4.90. The third-order valence-corrected chi connectivity index (χ3v) is 2.44. The number of para-hydroxylation sites is 1. The Hall–Kier alpha value is -1.68. The van der Waals surface area contributed by atoms with Gasteiger partial charge in [0.2, 0.25) is 0 Å². The van der Waals surface area contributed by atoms with Crippen LogP contribution in [0, 0.1) is 6.07 Å². The van der Waals surface area contributed by atoms with E-state index in [1.807, 2.05) is 0 Å². The van der Waals surface area contributed by atoms with Crippen LogP contribution in [0.15, 0.2) is 42.5 Å². The summed E-state index contributed by atoms with van der Waals surface area (Å²) in [4.78, 5) is 0. The summed E-state index contributed by atoms with van der Waals surface area (Å²) in [5, 5.41) is 0.511. The van der Waals surface area contributed by atoms with E-state index in [0.717, 1.165) is 0 Å². The SMILES string of the molecule is FC(F)(F)Oc1[c]cccc1-c1ccc(Cl)cc1. The molecule has 2 rings (SSSR count). The van der Waals surface area contributed by atoms with Crippen molar-refractivity contribution in [3.63, 3.8) is 0 Å². The predicted molar refractivity (Wildman–Crippen MR) is 62.4 cm³/mol. The maximum atomic E-state index is 12.2. The Morgan fingerprint density at radius 3 is 2.33 bits per heavy atom. The molecule has 0 unspecified atom stereocenters. The summed E-state index contributed by atoms with van der Waals surface area (Å²) < 4.78 is 40.6. The minimum Gasteiger partial charge on any atom is -0.404 e. The fourth-order valence-electron chi connectivity index (χ4n) is 1.48. The number of rotatable bonds is 2. The van der Waals surface area contributed by atoms with E-state index in [1.54, 1.807) is 30.3 Å². The maximum Gasteiger partial charge on any atom is 0.573 e. The van der Waals surface area contributed by atoms with Gasteiger partial charge in [0, 0.05) is 16.7 Å². The van der Waals surface area contributed by atoms with Gasteiger partial charge in [-0.2, -0.15) is 0 Å². The lowest BCUT2D eigenvalue weighted by Crippen LogP contribution is -2.17. The molecule has 5 heteroatoms. The van der Waals surface area contributed by atoms with Crippen LogP contribution in [-0.2, 0) is 0 Å². The Labute approximate surface area is 107 Å². The summed E-state index contributed by atoms with van der Waals surface area (Å²) in [6.45, 7) is 0. The Bertz CT molecular complexity index is 535. The molecule has 2 aromatic carbocycles. The molecule has 1 nitrogen and oxygen atoms in total. The van der Waals surface area contributed by atoms with Crippen molar-refractivity contribution < 1.29 is 17.9 Å². The average molecular weight is 272 g/mol. The molecule has 0 bridgehead atoms. The highest BCUT2D eigenvalue weighted by atomic mass is 35.5. The van der Waals surface area contributed by atoms with Gasteiger partial charge in [-0.3, -0.25) is 0 Å². The summed E-state index contributed by atoms with van der Waals surface area (Å²) in [6.07, 6.45) is -4.74. The van der Waals surface area contributed by atoms with E-state index >= 15 is 0 Å². The van der Waals surface area contributed by atoms with Gasteiger partial charge in [0.05, 0.1) is 0 Å². The minimum absolute atomic E-state index is 0.312. The lowest BCUT2D eigenvalue weighted by molar-refractivity contribution is -0.274. The molecule has 0 fully saturated rings. The standard InChI is InChI=1S/C13H7ClF3O/c14-10-7-5-9(6-8-10)11-3-1-2-4-12(11)18-13(15,16)17/h1-3,5-8H. The summed E-state index contributed by atoms with van der Waals surface area (Å²) in [5.74, 6) is -0.354. The second-order valence-electron chi connectivity index (χ2n) is 3.47. The van der Waals surface area contributed by atoms with Crippen LogP contribution in [-0.4, -0.2) is 6.36 Å². The highest BCUT2D eigenvalue weighted by molar-refractivity contribution is 6.30. The molecule has 0 atom stereocenters. The quantitative estimate of drug-likeness (QED) is 0.769. The normalized spacial score (nSPS) is 11.3. The van der Waals surface area contributed by atoms with Crippen molar-refractivity contribution in [1.29, 1.82) is 0 Å². The first kappa shape index (κ1) is 12.8. The van der Waals surface area contributed by atoms with Gasteiger partial charge in [0.15, 0.2) is 0 Å². The molecule has 93 valence electrons. The zero-order valence-corrected chi connectivity index (χ0v) is 9.72. The average Bonchev–Trinajstić information content (AvgIpc) is 2.29. The molecule has 0 aliphatic carbocycles. The summed E-state index contributed by atoms with van der Waals surface area (Å²) in [6, 6.07) is 13.3. The van der Waals surface area contributed by atoms with Crippen LogP contribution in [0.1, 0.15) is 0 Å². The number of hydrogen-bond acceptors (Lipinski definition) is 1. The third-order valence-electron chi connectivity index (χ3n) is 2.19. The molecule has 0 N–H and O–H groups in total. The maximum absolute atomic E-state index is 12.2. The van der Waals surface area contributed by atoms with Crippen LogP contribution in [0.25, 0.3) is 11.1 Å². The molecule has 2 aromatic rings.